The lowest BCUT2D eigenvalue weighted by molar-refractivity contribution is 0.150. The molecule has 0 aromatic rings. The van der Waals surface area contributed by atoms with E-state index < -0.39 is 0 Å². The van der Waals surface area contributed by atoms with Gasteiger partial charge in [0, 0.05) is 17.3 Å². The van der Waals surface area contributed by atoms with Crippen LogP contribution in [0.2, 0.25) is 0 Å². The summed E-state index contributed by atoms with van der Waals surface area (Å²) in [5, 5.41) is 5.11. The Morgan fingerprint density at radius 3 is 2.28 bits per heavy atom. The van der Waals surface area contributed by atoms with E-state index in [-0.39, 0.29) is 5.41 Å². The minimum absolute atomic E-state index is 0.288. The first-order valence-corrected chi connectivity index (χ1v) is 17.2. The summed E-state index contributed by atoms with van der Waals surface area (Å²) in [6.07, 6.45) is 16.6. The molecule has 1 nitrogen and oxygen atoms in total. The lowest BCUT2D eigenvalue weighted by atomic mass is 9.68. The average molecular weight is 520 g/mol. The summed E-state index contributed by atoms with van der Waals surface area (Å²) in [5.74, 6) is 6.18. The first-order valence-electron chi connectivity index (χ1n) is 16.2. The molecule has 1 aliphatic heterocycles. The molecule has 2 fully saturated rings. The Morgan fingerprint density at radius 2 is 1.75 bits per heavy atom. The summed E-state index contributed by atoms with van der Waals surface area (Å²) in [5.41, 5.74) is 1.72. The van der Waals surface area contributed by atoms with Crippen LogP contribution in [0.1, 0.15) is 139 Å². The quantitative estimate of drug-likeness (QED) is 0.151. The third-order valence-electron chi connectivity index (χ3n) is 11.2. The molecule has 0 spiro atoms. The molecule has 212 valence electrons. The predicted molar refractivity (Wildman–Crippen MR) is 166 cm³/mol. The van der Waals surface area contributed by atoms with Gasteiger partial charge in [0.2, 0.25) is 0 Å². The Morgan fingerprint density at radius 1 is 1.03 bits per heavy atom. The van der Waals surface area contributed by atoms with E-state index in [1.165, 1.54) is 88.4 Å². The number of rotatable bonds is 17. The zero-order valence-electron chi connectivity index (χ0n) is 26.0. The number of allylic oxidation sites excluding steroid dienone is 1. The number of nitrogens with one attached hydrogen (secondary N) is 1. The van der Waals surface area contributed by atoms with E-state index in [1.807, 2.05) is 0 Å². The molecular formula is C34H65NS. The summed E-state index contributed by atoms with van der Waals surface area (Å²) in [6.45, 7) is 26.7. The van der Waals surface area contributed by atoms with Gasteiger partial charge in [-0.05, 0) is 92.6 Å². The lowest BCUT2D eigenvalue weighted by Crippen LogP contribution is -2.48. The van der Waals surface area contributed by atoms with Crippen molar-refractivity contribution in [1.82, 2.24) is 5.32 Å². The van der Waals surface area contributed by atoms with Crippen LogP contribution in [0.15, 0.2) is 12.2 Å². The van der Waals surface area contributed by atoms with Crippen molar-refractivity contribution in [2.24, 2.45) is 40.9 Å². The Hall–Kier alpha value is 0.0500. The second kappa shape index (κ2) is 15.6. The normalized spacial score (nSPS) is 31.6. The average Bonchev–Trinajstić information content (AvgIpc) is 3.51. The fourth-order valence-corrected chi connectivity index (χ4v) is 9.96. The second-order valence-corrected chi connectivity index (χ2v) is 14.7. The summed E-state index contributed by atoms with van der Waals surface area (Å²) < 4.78 is 0. The molecule has 2 aliphatic rings. The fraction of sp³-hybridized carbons (Fsp3) is 0.941. The van der Waals surface area contributed by atoms with Gasteiger partial charge in [0.1, 0.15) is 0 Å². The van der Waals surface area contributed by atoms with Crippen molar-refractivity contribution < 1.29 is 0 Å². The van der Waals surface area contributed by atoms with E-state index in [4.69, 9.17) is 0 Å². The third kappa shape index (κ3) is 8.03. The topological polar surface area (TPSA) is 12.0 Å². The van der Waals surface area contributed by atoms with E-state index in [1.54, 1.807) is 0 Å². The highest BCUT2D eigenvalue weighted by atomic mass is 32.2. The van der Waals surface area contributed by atoms with Gasteiger partial charge < -0.3 is 5.32 Å². The first kappa shape index (κ1) is 32.3. The molecule has 1 heterocycles. The lowest BCUT2D eigenvalue weighted by Gasteiger charge is -2.41. The zero-order valence-corrected chi connectivity index (χ0v) is 26.8. The highest BCUT2D eigenvalue weighted by molar-refractivity contribution is 8.00. The molecule has 36 heavy (non-hydrogen) atoms. The molecule has 10 unspecified atom stereocenters. The van der Waals surface area contributed by atoms with Gasteiger partial charge >= 0.3 is 0 Å². The third-order valence-corrected chi connectivity index (χ3v) is 12.8. The van der Waals surface area contributed by atoms with Crippen molar-refractivity contribution >= 4 is 11.8 Å². The van der Waals surface area contributed by atoms with E-state index in [0.717, 1.165) is 34.8 Å². The van der Waals surface area contributed by atoms with Crippen molar-refractivity contribution in [3.05, 3.63) is 12.2 Å². The molecule has 0 aromatic carbocycles. The van der Waals surface area contributed by atoms with Gasteiger partial charge in [-0.25, -0.2) is 0 Å². The minimum Gasteiger partial charge on any atom is -0.311 e. The van der Waals surface area contributed by atoms with E-state index in [2.05, 4.69) is 86.0 Å². The number of hydrogen-bond donors (Lipinski definition) is 1. The molecule has 1 saturated heterocycles. The Kier molecular flexibility index (Phi) is 14.0. The van der Waals surface area contributed by atoms with E-state index in [9.17, 15) is 0 Å². The van der Waals surface area contributed by atoms with Gasteiger partial charge in [-0.15, -0.1) is 0 Å². The Labute approximate surface area is 232 Å². The monoisotopic (exact) mass is 519 g/mol. The van der Waals surface area contributed by atoms with Crippen LogP contribution < -0.4 is 5.32 Å². The number of hydrogen-bond acceptors (Lipinski definition) is 2. The van der Waals surface area contributed by atoms with Gasteiger partial charge in [-0.2, -0.15) is 11.8 Å². The number of unbranched alkanes of at least 4 members (excludes halogenated alkanes) is 3. The van der Waals surface area contributed by atoms with Gasteiger partial charge in [0.15, 0.2) is 0 Å². The zero-order chi connectivity index (χ0) is 26.9. The van der Waals surface area contributed by atoms with Crippen LogP contribution in [0, 0.1) is 40.9 Å². The maximum atomic E-state index is 4.57. The summed E-state index contributed by atoms with van der Waals surface area (Å²) >= 11 is 2.26. The summed E-state index contributed by atoms with van der Waals surface area (Å²) in [4.78, 5) is 0. The van der Waals surface area contributed by atoms with E-state index in [0.29, 0.717) is 18.0 Å². The van der Waals surface area contributed by atoms with Crippen molar-refractivity contribution in [1.29, 1.82) is 0 Å². The van der Waals surface area contributed by atoms with Crippen molar-refractivity contribution in [2.45, 2.75) is 157 Å². The molecule has 2 heteroatoms. The van der Waals surface area contributed by atoms with Gasteiger partial charge in [-0.3, -0.25) is 0 Å². The van der Waals surface area contributed by atoms with Crippen LogP contribution >= 0.6 is 11.8 Å². The largest absolute Gasteiger partial charge is 0.311 e. The smallest absolute Gasteiger partial charge is 0.00957 e. The van der Waals surface area contributed by atoms with Crippen LogP contribution in [-0.4, -0.2) is 23.1 Å². The molecule has 0 radical (unpaired) electrons. The second-order valence-electron chi connectivity index (χ2n) is 13.3. The SMILES string of the molecule is C=C(C)C1(C)CC(C(CC)CCCCCC)CC1C(C)C(C)NC(CC)C(C)C(CC)C1CCCS1. The van der Waals surface area contributed by atoms with Gasteiger partial charge in [-0.1, -0.05) is 106 Å². The highest BCUT2D eigenvalue weighted by Crippen LogP contribution is 2.56. The molecule has 1 N–H and O–H groups in total. The predicted octanol–water partition coefficient (Wildman–Crippen LogP) is 10.5. The van der Waals surface area contributed by atoms with E-state index >= 15 is 0 Å². The van der Waals surface area contributed by atoms with Gasteiger partial charge in [0.25, 0.3) is 0 Å². The Balaban J connectivity index is 2.09. The van der Waals surface area contributed by atoms with Crippen LogP contribution in [0.25, 0.3) is 0 Å². The molecule has 2 rings (SSSR count). The van der Waals surface area contributed by atoms with Crippen LogP contribution in [-0.2, 0) is 0 Å². The summed E-state index contributed by atoms with van der Waals surface area (Å²) in [7, 11) is 0. The molecule has 1 saturated carbocycles. The molecule has 1 aliphatic carbocycles. The number of thioether (sulfide) groups is 1. The minimum atomic E-state index is 0.288. The van der Waals surface area contributed by atoms with Crippen LogP contribution in [0.4, 0.5) is 0 Å². The standard InChI is InChI=1S/C34H65NS/c1-11-15-16-17-19-28(12-2)29-22-31(34(10,23-29)24(5)6)25(7)27(9)35-32(14-4)26(8)30(13-3)33-20-18-21-36-33/h25-33,35H,5,11-23H2,1-4,6-10H3. The molecule has 0 bridgehead atoms. The molecule has 10 atom stereocenters. The highest BCUT2D eigenvalue weighted by Gasteiger charge is 2.49. The van der Waals surface area contributed by atoms with Crippen molar-refractivity contribution in [2.75, 3.05) is 5.75 Å². The fourth-order valence-electron chi connectivity index (χ4n) is 8.31. The maximum absolute atomic E-state index is 4.57. The molecule has 0 amide bonds. The van der Waals surface area contributed by atoms with Crippen LogP contribution in [0.3, 0.4) is 0 Å². The molecule has 0 aromatic heterocycles. The van der Waals surface area contributed by atoms with Crippen LogP contribution in [0.5, 0.6) is 0 Å². The van der Waals surface area contributed by atoms with Crippen molar-refractivity contribution in [3.63, 3.8) is 0 Å². The van der Waals surface area contributed by atoms with Gasteiger partial charge in [0.05, 0.1) is 0 Å². The van der Waals surface area contributed by atoms with Crippen molar-refractivity contribution in [3.8, 4) is 0 Å². The summed E-state index contributed by atoms with van der Waals surface area (Å²) in [6, 6.07) is 1.18. The first-order chi connectivity index (χ1) is 17.1. The maximum Gasteiger partial charge on any atom is 0.00957 e. The Bertz CT molecular complexity index is 625. The molecular weight excluding hydrogens is 454 g/mol.